The Morgan fingerprint density at radius 3 is 2.02 bits per heavy atom. The van der Waals surface area contributed by atoms with Crippen molar-refractivity contribution in [2.24, 2.45) is 0 Å². The first kappa shape index (κ1) is 38.1. The number of esters is 1. The molecule has 272 valence electrons. The molecule has 0 spiro atoms. The van der Waals surface area contributed by atoms with Crippen molar-refractivity contribution in [1.82, 2.24) is 24.8 Å². The Bertz CT molecular complexity index is 1900. The first-order valence-electron chi connectivity index (χ1n) is 16.4. The predicted octanol–water partition coefficient (Wildman–Crippen LogP) is 6.25. The van der Waals surface area contributed by atoms with Gasteiger partial charge in [-0.1, -0.05) is 23.2 Å². The average molecular weight is 750 g/mol. The number of anilines is 1. The van der Waals surface area contributed by atoms with Crippen molar-refractivity contribution >= 4 is 52.8 Å². The number of benzene rings is 2. The van der Waals surface area contributed by atoms with Gasteiger partial charge in [0.15, 0.2) is 17.1 Å². The van der Waals surface area contributed by atoms with Gasteiger partial charge in [-0.2, -0.15) is 0 Å². The maximum atomic E-state index is 12.8. The topological polar surface area (TPSA) is 144 Å². The fourth-order valence-corrected chi connectivity index (χ4v) is 5.41. The molecule has 0 unspecified atom stereocenters. The van der Waals surface area contributed by atoms with Crippen molar-refractivity contribution in [2.45, 2.75) is 45.6 Å². The molecule has 6 rings (SSSR count). The van der Waals surface area contributed by atoms with Crippen LogP contribution in [-0.4, -0.2) is 93.4 Å². The monoisotopic (exact) mass is 748 g/mol. The summed E-state index contributed by atoms with van der Waals surface area (Å²) >= 11 is 11.7. The van der Waals surface area contributed by atoms with Crippen molar-refractivity contribution < 1.29 is 33.4 Å². The van der Waals surface area contributed by atoms with Crippen LogP contribution in [0, 0.1) is 0 Å². The van der Waals surface area contributed by atoms with Crippen LogP contribution in [0.5, 0.6) is 5.75 Å². The predicted molar refractivity (Wildman–Crippen MR) is 194 cm³/mol. The summed E-state index contributed by atoms with van der Waals surface area (Å²) in [6, 6.07) is 16.6. The van der Waals surface area contributed by atoms with E-state index >= 15 is 0 Å². The molecule has 0 saturated carbocycles. The zero-order chi connectivity index (χ0) is 37.6. The molecule has 0 aliphatic carbocycles. The van der Waals surface area contributed by atoms with E-state index in [1.165, 1.54) is 23.5 Å². The summed E-state index contributed by atoms with van der Waals surface area (Å²) in [6.45, 7) is 9.49. The number of piperazine rings is 1. The molecule has 13 nitrogen and oxygen atoms in total. The second-order valence-electron chi connectivity index (χ2n) is 12.8. The molecule has 4 heterocycles. The number of ketones is 1. The average Bonchev–Trinajstić information content (AvgIpc) is 3.39. The molecule has 2 aromatic heterocycles. The van der Waals surface area contributed by atoms with Gasteiger partial charge >= 0.3 is 12.1 Å². The Hall–Kier alpha value is -5.11. The number of amides is 2. The van der Waals surface area contributed by atoms with Gasteiger partial charge < -0.3 is 24.0 Å². The number of rotatable bonds is 8. The summed E-state index contributed by atoms with van der Waals surface area (Å²) in [4.78, 5) is 67.5. The molecule has 2 amide bonds. The number of halogens is 2. The molecular formula is C37H38Cl2N6O7. The summed E-state index contributed by atoms with van der Waals surface area (Å²) in [6.07, 6.45) is 2.57. The summed E-state index contributed by atoms with van der Waals surface area (Å²) in [5.74, 6) is -0.187. The van der Waals surface area contributed by atoms with Crippen molar-refractivity contribution in [3.8, 4) is 5.75 Å². The quantitative estimate of drug-likeness (QED) is 0.149. The van der Waals surface area contributed by atoms with Gasteiger partial charge in [-0.05, 0) is 95.4 Å². The van der Waals surface area contributed by atoms with Crippen LogP contribution in [0.15, 0.2) is 79.3 Å². The highest BCUT2D eigenvalue weighted by Gasteiger charge is 2.44. The molecule has 1 saturated heterocycles. The lowest BCUT2D eigenvalue weighted by atomic mass is 10.0. The number of likely N-dealkylation sites (N-methyl/N-ethyl adjacent to an activating group) is 1. The van der Waals surface area contributed by atoms with Crippen LogP contribution in [-0.2, 0) is 14.3 Å². The van der Waals surface area contributed by atoms with Crippen LogP contribution in [0.3, 0.4) is 0 Å². The first-order valence-corrected chi connectivity index (χ1v) is 17.2. The van der Waals surface area contributed by atoms with Gasteiger partial charge in [-0.15, -0.1) is 0 Å². The molecule has 1 atom stereocenters. The van der Waals surface area contributed by atoms with Crippen LogP contribution in [0.1, 0.15) is 66.0 Å². The Balaban J connectivity index is 0.000000202. The number of hydrogen-bond donors (Lipinski definition) is 0. The minimum atomic E-state index is -1.12. The van der Waals surface area contributed by atoms with E-state index < -0.39 is 29.8 Å². The van der Waals surface area contributed by atoms with E-state index in [-0.39, 0.29) is 17.6 Å². The van der Waals surface area contributed by atoms with E-state index in [4.69, 9.17) is 37.4 Å². The van der Waals surface area contributed by atoms with Gasteiger partial charge in [-0.25, -0.2) is 24.5 Å². The Labute approximate surface area is 311 Å². The molecular weight excluding hydrogens is 711 g/mol. The van der Waals surface area contributed by atoms with E-state index in [1.54, 1.807) is 93.3 Å². The van der Waals surface area contributed by atoms with Gasteiger partial charge in [0.25, 0.3) is 5.91 Å². The maximum absolute atomic E-state index is 12.8. The van der Waals surface area contributed by atoms with E-state index in [0.29, 0.717) is 51.5 Å². The van der Waals surface area contributed by atoms with E-state index in [2.05, 4.69) is 19.9 Å². The molecule has 0 N–H and O–H groups in total. The first-order chi connectivity index (χ1) is 24.7. The van der Waals surface area contributed by atoms with E-state index in [1.807, 2.05) is 7.05 Å². The standard InChI is InChI=1S/C20H21ClO4.C17H17ClN6O3/c1-13(2)24-19(23)20(3,4)25-17-11-7-15(8-12-17)18(22)14-5-9-16(21)10-6-14;1-22-6-8-23(9-7-22)17(26)27-16-14-13(19-4-5-20-14)15(25)24(16)12-3-2-11(18)10-21-12/h5-13H,1-4H3;2-5,10,16H,6-9H2,1H3/t;16-/m.0/s1. The Morgan fingerprint density at radius 2 is 1.42 bits per heavy atom. The third-order valence-electron chi connectivity index (χ3n) is 7.98. The highest BCUT2D eigenvalue weighted by atomic mass is 35.5. The Morgan fingerprint density at radius 1 is 0.827 bits per heavy atom. The lowest BCUT2D eigenvalue weighted by Gasteiger charge is -2.33. The zero-order valence-electron chi connectivity index (χ0n) is 29.3. The number of fused-ring (bicyclic) bond motifs is 1. The molecule has 1 fully saturated rings. The summed E-state index contributed by atoms with van der Waals surface area (Å²) < 4.78 is 16.6. The fraction of sp³-hybridized carbons (Fsp3) is 0.324. The van der Waals surface area contributed by atoms with Gasteiger partial charge in [0.05, 0.1) is 11.1 Å². The fourth-order valence-electron chi connectivity index (χ4n) is 5.17. The maximum Gasteiger partial charge on any atom is 0.412 e. The van der Waals surface area contributed by atoms with Crippen LogP contribution in [0.25, 0.3) is 0 Å². The third-order valence-corrected chi connectivity index (χ3v) is 8.45. The van der Waals surface area contributed by atoms with Crippen LogP contribution >= 0.6 is 23.2 Å². The zero-order valence-corrected chi connectivity index (χ0v) is 30.8. The van der Waals surface area contributed by atoms with E-state index in [9.17, 15) is 19.2 Å². The normalized spacial score (nSPS) is 15.8. The molecule has 2 aliphatic rings. The largest absolute Gasteiger partial charge is 0.476 e. The van der Waals surface area contributed by atoms with Crippen molar-refractivity contribution in [2.75, 3.05) is 38.1 Å². The van der Waals surface area contributed by atoms with Gasteiger partial charge in [0, 0.05) is 60.9 Å². The second-order valence-corrected chi connectivity index (χ2v) is 13.6. The number of carbonyl (C=O) groups is 4. The van der Waals surface area contributed by atoms with E-state index in [0.717, 1.165) is 13.1 Å². The van der Waals surface area contributed by atoms with Crippen LogP contribution in [0.2, 0.25) is 10.0 Å². The summed E-state index contributed by atoms with van der Waals surface area (Å²) in [5, 5.41) is 1.01. The number of hydrogen-bond acceptors (Lipinski definition) is 11. The Kier molecular flexibility index (Phi) is 12.1. The van der Waals surface area contributed by atoms with Crippen molar-refractivity contribution in [1.29, 1.82) is 0 Å². The molecule has 2 aliphatic heterocycles. The highest BCUT2D eigenvalue weighted by molar-refractivity contribution is 6.31. The molecule has 0 radical (unpaired) electrons. The van der Waals surface area contributed by atoms with Crippen LogP contribution < -0.4 is 9.64 Å². The van der Waals surface area contributed by atoms with Gasteiger partial charge in [0.2, 0.25) is 6.23 Å². The third kappa shape index (κ3) is 9.21. The SMILES string of the molecule is CC(C)OC(=O)C(C)(C)Oc1ccc(C(=O)c2ccc(Cl)cc2)cc1.CN1CCN(C(=O)O[C@H]2c3nccnc3C(=O)N2c2ccc(Cl)cn2)CC1. The summed E-state index contributed by atoms with van der Waals surface area (Å²) in [5.41, 5.74) is 0.398. The molecule has 52 heavy (non-hydrogen) atoms. The molecule has 0 bridgehead atoms. The van der Waals surface area contributed by atoms with Crippen LogP contribution in [0.4, 0.5) is 10.6 Å². The van der Waals surface area contributed by atoms with Crippen molar-refractivity contribution in [3.05, 3.63) is 112 Å². The number of carbonyl (C=O) groups excluding carboxylic acids is 4. The highest BCUT2D eigenvalue weighted by Crippen LogP contribution is 2.36. The lowest BCUT2D eigenvalue weighted by Crippen LogP contribution is -2.48. The van der Waals surface area contributed by atoms with Gasteiger partial charge in [-0.3, -0.25) is 14.6 Å². The molecule has 15 heteroatoms. The number of nitrogens with zero attached hydrogens (tertiary/aromatic N) is 6. The minimum absolute atomic E-state index is 0.110. The summed E-state index contributed by atoms with van der Waals surface area (Å²) in [7, 11) is 2.00. The molecule has 4 aromatic rings. The molecule has 2 aromatic carbocycles. The van der Waals surface area contributed by atoms with Crippen molar-refractivity contribution in [3.63, 3.8) is 0 Å². The number of pyridine rings is 1. The number of ether oxygens (including phenoxy) is 3. The number of aromatic nitrogens is 3. The smallest absolute Gasteiger partial charge is 0.412 e. The van der Waals surface area contributed by atoms with Gasteiger partial charge in [0.1, 0.15) is 17.3 Å². The lowest BCUT2D eigenvalue weighted by molar-refractivity contribution is -0.163. The minimum Gasteiger partial charge on any atom is -0.476 e. The second kappa shape index (κ2) is 16.5.